The lowest BCUT2D eigenvalue weighted by molar-refractivity contribution is -0.141. The van der Waals surface area contributed by atoms with Gasteiger partial charge in [-0.2, -0.15) is 18.3 Å². The van der Waals surface area contributed by atoms with Crippen LogP contribution >= 0.6 is 0 Å². The minimum atomic E-state index is -4.42. The number of aromatic nitrogens is 2. The molecule has 1 aliphatic carbocycles. The van der Waals surface area contributed by atoms with Crippen molar-refractivity contribution in [1.29, 1.82) is 0 Å². The van der Waals surface area contributed by atoms with Crippen molar-refractivity contribution < 1.29 is 17.9 Å². The number of hydrogen-bond acceptors (Lipinski definition) is 2. The van der Waals surface area contributed by atoms with E-state index in [0.717, 1.165) is 61.8 Å². The zero-order valence-corrected chi connectivity index (χ0v) is 14.0. The van der Waals surface area contributed by atoms with E-state index in [2.05, 4.69) is 5.10 Å². The number of benzene rings is 1. The molecule has 0 spiro atoms. The van der Waals surface area contributed by atoms with Crippen molar-refractivity contribution in [3.05, 3.63) is 35.5 Å². The normalized spacial score (nSPS) is 18.7. The summed E-state index contributed by atoms with van der Waals surface area (Å²) in [6.07, 6.45) is 2.42. The Labute approximate surface area is 144 Å². The summed E-state index contributed by atoms with van der Waals surface area (Å²) in [5.41, 5.74) is 1.61. The van der Waals surface area contributed by atoms with Crippen molar-refractivity contribution in [1.82, 2.24) is 9.78 Å². The van der Waals surface area contributed by atoms with Crippen LogP contribution in [-0.4, -0.2) is 16.4 Å². The molecule has 0 atom stereocenters. The molecular formula is C19H21F3N2O. The summed E-state index contributed by atoms with van der Waals surface area (Å²) in [4.78, 5) is 0. The van der Waals surface area contributed by atoms with Crippen LogP contribution in [0.2, 0.25) is 0 Å². The van der Waals surface area contributed by atoms with Crippen LogP contribution in [0.1, 0.15) is 55.8 Å². The minimum absolute atomic E-state index is 0.0483. The maximum Gasteiger partial charge on any atom is 0.435 e. The van der Waals surface area contributed by atoms with Gasteiger partial charge >= 0.3 is 6.18 Å². The van der Waals surface area contributed by atoms with Crippen LogP contribution in [0.4, 0.5) is 13.2 Å². The average molecular weight is 350 g/mol. The van der Waals surface area contributed by atoms with E-state index in [-0.39, 0.29) is 6.04 Å². The van der Waals surface area contributed by atoms with Crippen molar-refractivity contribution in [3.63, 3.8) is 0 Å². The Morgan fingerprint density at radius 2 is 1.84 bits per heavy atom. The fourth-order valence-electron chi connectivity index (χ4n) is 3.87. The van der Waals surface area contributed by atoms with Crippen molar-refractivity contribution in [2.45, 2.75) is 57.2 Å². The van der Waals surface area contributed by atoms with Crippen LogP contribution in [0.25, 0.3) is 11.3 Å². The Morgan fingerprint density at radius 1 is 1.04 bits per heavy atom. The summed E-state index contributed by atoms with van der Waals surface area (Å²) in [6, 6.07) is 6.92. The molecule has 1 fully saturated rings. The zero-order valence-electron chi connectivity index (χ0n) is 14.0. The third kappa shape index (κ3) is 3.26. The number of hydrogen-bond donors (Lipinski definition) is 0. The molecule has 0 N–H and O–H groups in total. The van der Waals surface area contributed by atoms with Gasteiger partial charge in [0.05, 0.1) is 18.3 Å². The first-order valence-corrected chi connectivity index (χ1v) is 8.95. The zero-order chi connectivity index (χ0) is 17.4. The second-order valence-electron chi connectivity index (χ2n) is 6.92. The van der Waals surface area contributed by atoms with E-state index in [0.29, 0.717) is 12.3 Å². The Kier molecular flexibility index (Phi) is 4.21. The van der Waals surface area contributed by atoms with Gasteiger partial charge in [0.2, 0.25) is 0 Å². The van der Waals surface area contributed by atoms with E-state index in [9.17, 15) is 13.2 Å². The second kappa shape index (κ2) is 6.39. The van der Waals surface area contributed by atoms with Crippen molar-refractivity contribution >= 4 is 0 Å². The standard InChI is InChI=1S/C19H21F3N2O/c20-19(21,22)18-12-16(24(23-18)15-6-2-1-3-7-15)13-8-9-17-14(11-13)5-4-10-25-17/h8-9,11-12,15H,1-7,10H2. The summed E-state index contributed by atoms with van der Waals surface area (Å²) in [7, 11) is 0. The van der Waals surface area contributed by atoms with E-state index in [4.69, 9.17) is 4.74 Å². The first-order valence-electron chi connectivity index (χ1n) is 8.95. The average Bonchev–Trinajstić information content (AvgIpc) is 3.08. The lowest BCUT2D eigenvalue weighted by Crippen LogP contribution is -2.16. The molecule has 4 rings (SSSR count). The molecule has 2 aromatic rings. The molecule has 134 valence electrons. The van der Waals surface area contributed by atoms with Gasteiger partial charge in [-0.05, 0) is 55.5 Å². The third-order valence-corrected chi connectivity index (χ3v) is 5.15. The number of nitrogens with zero attached hydrogens (tertiary/aromatic N) is 2. The molecule has 2 aliphatic rings. The Morgan fingerprint density at radius 3 is 2.60 bits per heavy atom. The quantitative estimate of drug-likeness (QED) is 0.725. The summed E-state index contributed by atoms with van der Waals surface area (Å²) in [5.74, 6) is 0.842. The molecule has 0 saturated heterocycles. The molecule has 0 radical (unpaired) electrons. The van der Waals surface area contributed by atoms with E-state index >= 15 is 0 Å². The maximum absolute atomic E-state index is 13.2. The van der Waals surface area contributed by atoms with Gasteiger partial charge in [-0.3, -0.25) is 4.68 Å². The van der Waals surface area contributed by atoms with Gasteiger partial charge in [-0.1, -0.05) is 19.3 Å². The van der Waals surface area contributed by atoms with Crippen molar-refractivity contribution in [2.75, 3.05) is 6.61 Å². The van der Waals surface area contributed by atoms with Crippen LogP contribution in [0.3, 0.4) is 0 Å². The summed E-state index contributed by atoms with van der Waals surface area (Å²) in [6.45, 7) is 0.699. The van der Waals surface area contributed by atoms with E-state index in [1.54, 1.807) is 4.68 Å². The summed E-state index contributed by atoms with van der Waals surface area (Å²) < 4.78 is 47.0. The van der Waals surface area contributed by atoms with Crippen LogP contribution in [0, 0.1) is 0 Å². The molecule has 1 saturated carbocycles. The predicted octanol–water partition coefficient (Wildman–Crippen LogP) is 5.40. The molecule has 0 bridgehead atoms. The topological polar surface area (TPSA) is 27.1 Å². The molecule has 1 aliphatic heterocycles. The van der Waals surface area contributed by atoms with Gasteiger partial charge < -0.3 is 4.74 Å². The molecule has 2 heterocycles. The monoisotopic (exact) mass is 350 g/mol. The van der Waals surface area contributed by atoms with Gasteiger partial charge in [0.15, 0.2) is 5.69 Å². The fraction of sp³-hybridized carbons (Fsp3) is 0.526. The minimum Gasteiger partial charge on any atom is -0.493 e. The fourth-order valence-corrected chi connectivity index (χ4v) is 3.87. The lowest BCUT2D eigenvalue weighted by atomic mass is 9.95. The first-order chi connectivity index (χ1) is 12.0. The number of alkyl halides is 3. The lowest BCUT2D eigenvalue weighted by Gasteiger charge is -2.24. The van der Waals surface area contributed by atoms with Gasteiger partial charge in [0, 0.05) is 5.56 Å². The molecule has 6 heteroatoms. The summed E-state index contributed by atoms with van der Waals surface area (Å²) in [5, 5.41) is 3.95. The highest BCUT2D eigenvalue weighted by Crippen LogP contribution is 2.38. The Bertz CT molecular complexity index is 761. The predicted molar refractivity (Wildman–Crippen MR) is 88.6 cm³/mol. The number of ether oxygens (including phenoxy) is 1. The third-order valence-electron chi connectivity index (χ3n) is 5.15. The van der Waals surface area contributed by atoms with E-state index < -0.39 is 11.9 Å². The highest BCUT2D eigenvalue weighted by atomic mass is 19.4. The van der Waals surface area contributed by atoms with Crippen molar-refractivity contribution in [3.8, 4) is 17.0 Å². The molecule has 25 heavy (non-hydrogen) atoms. The first kappa shape index (κ1) is 16.5. The highest BCUT2D eigenvalue weighted by Gasteiger charge is 2.36. The molecule has 1 aromatic heterocycles. The van der Waals surface area contributed by atoms with Gasteiger partial charge in [0.25, 0.3) is 0 Å². The molecule has 0 amide bonds. The smallest absolute Gasteiger partial charge is 0.435 e. The van der Waals surface area contributed by atoms with Gasteiger partial charge in [-0.15, -0.1) is 0 Å². The van der Waals surface area contributed by atoms with Crippen LogP contribution in [-0.2, 0) is 12.6 Å². The largest absolute Gasteiger partial charge is 0.493 e. The van der Waals surface area contributed by atoms with Crippen molar-refractivity contribution in [2.24, 2.45) is 0 Å². The molecule has 1 aromatic carbocycles. The molecule has 0 unspecified atom stereocenters. The van der Waals surface area contributed by atoms with Crippen LogP contribution < -0.4 is 4.74 Å². The number of halogens is 3. The van der Waals surface area contributed by atoms with Gasteiger partial charge in [0.1, 0.15) is 5.75 Å². The van der Waals surface area contributed by atoms with Crippen LogP contribution in [0.15, 0.2) is 24.3 Å². The number of fused-ring (bicyclic) bond motifs is 1. The highest BCUT2D eigenvalue weighted by molar-refractivity contribution is 5.63. The SMILES string of the molecule is FC(F)(F)c1cc(-c2ccc3c(c2)CCCO3)n(C2CCCCC2)n1. The number of rotatable bonds is 2. The molecule has 3 nitrogen and oxygen atoms in total. The Balaban J connectivity index is 1.78. The maximum atomic E-state index is 13.2. The molecular weight excluding hydrogens is 329 g/mol. The van der Waals surface area contributed by atoms with E-state index in [1.165, 1.54) is 6.07 Å². The van der Waals surface area contributed by atoms with Gasteiger partial charge in [-0.25, -0.2) is 0 Å². The Hall–Kier alpha value is -1.98. The number of aryl methyl sites for hydroxylation is 1. The van der Waals surface area contributed by atoms with E-state index in [1.807, 2.05) is 18.2 Å². The second-order valence-corrected chi connectivity index (χ2v) is 6.92. The van der Waals surface area contributed by atoms with Crippen LogP contribution in [0.5, 0.6) is 5.75 Å². The summed E-state index contributed by atoms with van der Waals surface area (Å²) >= 11 is 0.